The first-order chi connectivity index (χ1) is 15.4. The highest BCUT2D eigenvalue weighted by atomic mass is 19.1. The third kappa shape index (κ3) is 3.85. The van der Waals surface area contributed by atoms with E-state index >= 15 is 0 Å². The maximum absolute atomic E-state index is 13.2. The van der Waals surface area contributed by atoms with E-state index in [4.69, 9.17) is 0 Å². The summed E-state index contributed by atoms with van der Waals surface area (Å²) in [6, 6.07) is 11.9. The lowest BCUT2D eigenvalue weighted by atomic mass is 10.1. The fourth-order valence-electron chi connectivity index (χ4n) is 3.26. The lowest BCUT2D eigenvalue weighted by molar-refractivity contribution is 0.0844. The van der Waals surface area contributed by atoms with Crippen molar-refractivity contribution in [3.05, 3.63) is 82.2 Å². The number of carbonyl (C=O) groups excluding carboxylic acids is 2. The van der Waals surface area contributed by atoms with Crippen molar-refractivity contribution in [2.45, 2.75) is 19.9 Å². The molecule has 2 heterocycles. The van der Waals surface area contributed by atoms with Gasteiger partial charge in [-0.05, 0) is 44.2 Å². The van der Waals surface area contributed by atoms with Crippen LogP contribution in [0.15, 0.2) is 59.5 Å². The molecule has 0 aliphatic heterocycles. The van der Waals surface area contributed by atoms with E-state index in [0.717, 1.165) is 0 Å². The number of rotatable bonds is 4. The van der Waals surface area contributed by atoms with Crippen LogP contribution in [0.5, 0.6) is 0 Å². The standard InChI is InChI=1S/C22H19FN6O3/c1-12(2)29-22(32)16-6-4-3-5-15(16)19(28-29)21(31)27-26-20(30)17-11-24-25-18(17)13-7-9-14(23)10-8-13/h3-12H,1-2H3,(H,24,25)(H,26,30)(H,27,31). The van der Waals surface area contributed by atoms with E-state index in [0.29, 0.717) is 22.0 Å². The monoisotopic (exact) mass is 434 g/mol. The molecule has 0 saturated carbocycles. The third-order valence-electron chi connectivity index (χ3n) is 4.84. The second kappa shape index (κ2) is 8.42. The first-order valence-corrected chi connectivity index (χ1v) is 9.78. The van der Waals surface area contributed by atoms with Crippen LogP contribution in [0.25, 0.3) is 22.0 Å². The van der Waals surface area contributed by atoms with Gasteiger partial charge in [-0.1, -0.05) is 18.2 Å². The molecule has 0 radical (unpaired) electrons. The van der Waals surface area contributed by atoms with Crippen LogP contribution in [0.4, 0.5) is 4.39 Å². The van der Waals surface area contributed by atoms with E-state index in [1.54, 1.807) is 38.1 Å². The van der Waals surface area contributed by atoms with Gasteiger partial charge in [0.1, 0.15) is 5.82 Å². The predicted molar refractivity (Wildman–Crippen MR) is 115 cm³/mol. The Kier molecular flexibility index (Phi) is 5.50. The minimum atomic E-state index is -0.684. The number of hydrazine groups is 1. The quantitative estimate of drug-likeness (QED) is 0.426. The Morgan fingerprint density at radius 1 is 1.00 bits per heavy atom. The molecule has 3 N–H and O–H groups in total. The molecule has 32 heavy (non-hydrogen) atoms. The highest BCUT2D eigenvalue weighted by Gasteiger charge is 2.20. The summed E-state index contributed by atoms with van der Waals surface area (Å²) in [7, 11) is 0. The Morgan fingerprint density at radius 2 is 1.66 bits per heavy atom. The van der Waals surface area contributed by atoms with Gasteiger partial charge in [-0.3, -0.25) is 30.3 Å². The molecular weight excluding hydrogens is 415 g/mol. The summed E-state index contributed by atoms with van der Waals surface area (Å²) in [4.78, 5) is 38.1. The molecule has 9 nitrogen and oxygen atoms in total. The summed E-state index contributed by atoms with van der Waals surface area (Å²) in [6.07, 6.45) is 1.30. The topological polar surface area (TPSA) is 122 Å². The molecule has 0 fully saturated rings. The number of hydrogen-bond donors (Lipinski definition) is 3. The molecule has 0 bridgehead atoms. The molecule has 0 aliphatic rings. The average molecular weight is 434 g/mol. The molecule has 2 aromatic carbocycles. The first-order valence-electron chi connectivity index (χ1n) is 9.78. The van der Waals surface area contributed by atoms with Gasteiger partial charge in [0.25, 0.3) is 17.4 Å². The molecule has 2 aromatic heterocycles. The van der Waals surface area contributed by atoms with E-state index in [2.05, 4.69) is 26.1 Å². The number of carbonyl (C=O) groups is 2. The third-order valence-corrected chi connectivity index (χ3v) is 4.84. The van der Waals surface area contributed by atoms with Crippen LogP contribution in [0.1, 0.15) is 40.7 Å². The van der Waals surface area contributed by atoms with Gasteiger partial charge in [0.2, 0.25) is 0 Å². The van der Waals surface area contributed by atoms with Crippen LogP contribution in [0, 0.1) is 5.82 Å². The van der Waals surface area contributed by atoms with Crippen molar-refractivity contribution in [3.8, 4) is 11.3 Å². The molecule has 0 aliphatic carbocycles. The van der Waals surface area contributed by atoms with E-state index in [9.17, 15) is 18.8 Å². The minimum Gasteiger partial charge on any atom is -0.277 e. The van der Waals surface area contributed by atoms with E-state index in [1.807, 2.05) is 0 Å². The van der Waals surface area contributed by atoms with Crippen LogP contribution in [-0.2, 0) is 0 Å². The zero-order chi connectivity index (χ0) is 22.8. The summed E-state index contributed by atoms with van der Waals surface area (Å²) >= 11 is 0. The maximum Gasteiger partial charge on any atom is 0.290 e. The highest BCUT2D eigenvalue weighted by Crippen LogP contribution is 2.21. The van der Waals surface area contributed by atoms with Gasteiger partial charge in [-0.15, -0.1) is 0 Å². The highest BCUT2D eigenvalue weighted by molar-refractivity contribution is 6.06. The Balaban J connectivity index is 1.59. The van der Waals surface area contributed by atoms with Gasteiger partial charge in [0, 0.05) is 10.9 Å². The van der Waals surface area contributed by atoms with Gasteiger partial charge >= 0.3 is 0 Å². The summed E-state index contributed by atoms with van der Waals surface area (Å²) < 4.78 is 14.4. The molecule has 162 valence electrons. The van der Waals surface area contributed by atoms with Crippen molar-refractivity contribution in [1.29, 1.82) is 0 Å². The molecule has 0 unspecified atom stereocenters. The Hall–Kier alpha value is -4.34. The number of halogens is 1. The van der Waals surface area contributed by atoms with Crippen molar-refractivity contribution in [2.24, 2.45) is 0 Å². The van der Waals surface area contributed by atoms with Gasteiger partial charge in [-0.25, -0.2) is 9.07 Å². The summed E-state index contributed by atoms with van der Waals surface area (Å²) in [5.41, 5.74) is 5.44. The second-order valence-electron chi connectivity index (χ2n) is 7.31. The van der Waals surface area contributed by atoms with Crippen molar-refractivity contribution in [2.75, 3.05) is 0 Å². The largest absolute Gasteiger partial charge is 0.290 e. The van der Waals surface area contributed by atoms with Crippen LogP contribution in [-0.4, -0.2) is 31.8 Å². The fourth-order valence-corrected chi connectivity index (χ4v) is 3.26. The summed E-state index contributed by atoms with van der Waals surface area (Å²) in [5.74, 6) is -1.72. The lowest BCUT2D eigenvalue weighted by Crippen LogP contribution is -2.43. The predicted octanol–water partition coefficient (Wildman–Crippen LogP) is 2.58. The van der Waals surface area contributed by atoms with Crippen LogP contribution in [0.3, 0.4) is 0 Å². The number of nitrogens with zero attached hydrogens (tertiary/aromatic N) is 3. The molecule has 0 atom stereocenters. The van der Waals surface area contributed by atoms with Gasteiger partial charge in [0.05, 0.1) is 28.9 Å². The molecule has 4 aromatic rings. The first kappa shape index (κ1) is 20.9. The van der Waals surface area contributed by atoms with Crippen molar-refractivity contribution in [3.63, 3.8) is 0 Å². The average Bonchev–Trinajstić information content (AvgIpc) is 3.28. The molecule has 4 rings (SSSR count). The summed E-state index contributed by atoms with van der Waals surface area (Å²) in [5, 5.41) is 11.5. The number of nitrogens with one attached hydrogen (secondary N) is 3. The number of aromatic nitrogens is 4. The molecule has 0 saturated heterocycles. The van der Waals surface area contributed by atoms with Crippen molar-refractivity contribution < 1.29 is 14.0 Å². The fraction of sp³-hybridized carbons (Fsp3) is 0.136. The van der Waals surface area contributed by atoms with Crippen LogP contribution < -0.4 is 16.4 Å². The molecule has 2 amide bonds. The smallest absolute Gasteiger partial charge is 0.277 e. The molecular formula is C22H19FN6O3. The van der Waals surface area contributed by atoms with Crippen LogP contribution >= 0.6 is 0 Å². The minimum absolute atomic E-state index is 0.000140. The van der Waals surface area contributed by atoms with E-state index in [-0.39, 0.29) is 22.9 Å². The maximum atomic E-state index is 13.2. The number of benzene rings is 2. The zero-order valence-corrected chi connectivity index (χ0v) is 17.2. The van der Waals surface area contributed by atoms with E-state index < -0.39 is 17.6 Å². The Bertz CT molecular complexity index is 1370. The van der Waals surface area contributed by atoms with Crippen molar-refractivity contribution >= 4 is 22.6 Å². The van der Waals surface area contributed by atoms with Gasteiger partial charge in [0.15, 0.2) is 5.69 Å². The van der Waals surface area contributed by atoms with E-state index in [1.165, 1.54) is 35.1 Å². The van der Waals surface area contributed by atoms with Gasteiger partial charge < -0.3 is 0 Å². The number of fused-ring (bicyclic) bond motifs is 1. The zero-order valence-electron chi connectivity index (χ0n) is 17.2. The molecule has 10 heteroatoms. The number of amides is 2. The Morgan fingerprint density at radius 3 is 2.34 bits per heavy atom. The van der Waals surface area contributed by atoms with Crippen LogP contribution in [0.2, 0.25) is 0 Å². The Labute approximate surface area is 181 Å². The lowest BCUT2D eigenvalue weighted by Gasteiger charge is -2.13. The molecule has 0 spiro atoms. The van der Waals surface area contributed by atoms with Crippen molar-refractivity contribution in [1.82, 2.24) is 30.8 Å². The number of aromatic amines is 1. The summed E-state index contributed by atoms with van der Waals surface area (Å²) in [6.45, 7) is 3.56. The van der Waals surface area contributed by atoms with Gasteiger partial charge in [-0.2, -0.15) is 10.2 Å². The second-order valence-corrected chi connectivity index (χ2v) is 7.31. The SMILES string of the molecule is CC(C)n1nc(C(=O)NNC(=O)c2cn[nH]c2-c2ccc(F)cc2)c2ccccc2c1=O. The normalized spacial score (nSPS) is 11.0. The number of hydrogen-bond acceptors (Lipinski definition) is 5. The number of H-pyrrole nitrogens is 1.